The van der Waals surface area contributed by atoms with Gasteiger partial charge in [0.15, 0.2) is 0 Å². The summed E-state index contributed by atoms with van der Waals surface area (Å²) in [7, 11) is 0. The van der Waals surface area contributed by atoms with Crippen molar-refractivity contribution in [2.24, 2.45) is 0 Å². The van der Waals surface area contributed by atoms with Crippen molar-refractivity contribution in [3.63, 3.8) is 0 Å². The maximum absolute atomic E-state index is 12.7. The normalized spacial score (nSPS) is 10.3. The molecule has 2 rings (SSSR count). The molecule has 4 heteroatoms. The van der Waals surface area contributed by atoms with Crippen LogP contribution in [0.15, 0.2) is 36.4 Å². The van der Waals surface area contributed by atoms with Crippen LogP contribution in [0.4, 0.5) is 4.39 Å². The zero-order valence-corrected chi connectivity index (χ0v) is 9.35. The van der Waals surface area contributed by atoms with E-state index in [9.17, 15) is 4.39 Å². The van der Waals surface area contributed by atoms with Gasteiger partial charge in [0.2, 0.25) is 5.88 Å². The molecule has 0 bridgehead atoms. The molecule has 1 aromatic heterocycles. The fourth-order valence-electron chi connectivity index (χ4n) is 1.41. The molecule has 0 aliphatic heterocycles. The lowest BCUT2D eigenvalue weighted by atomic mass is 10.2. The highest BCUT2D eigenvalue weighted by Gasteiger charge is 2.03. The van der Waals surface area contributed by atoms with Gasteiger partial charge in [0.25, 0.3) is 0 Å². The van der Waals surface area contributed by atoms with Crippen molar-refractivity contribution in [3.05, 3.63) is 53.5 Å². The van der Waals surface area contributed by atoms with E-state index in [4.69, 9.17) is 9.84 Å². The zero-order chi connectivity index (χ0) is 12.3. The van der Waals surface area contributed by atoms with Gasteiger partial charge in [0.1, 0.15) is 11.6 Å². The molecule has 0 saturated carbocycles. The summed E-state index contributed by atoms with van der Waals surface area (Å²) in [5, 5.41) is 9.01. The molecule has 88 valence electrons. The topological polar surface area (TPSA) is 42.4 Å². The predicted molar refractivity (Wildman–Crippen MR) is 61.4 cm³/mol. The largest absolute Gasteiger partial charge is 0.439 e. The van der Waals surface area contributed by atoms with Crippen LogP contribution in [0, 0.1) is 12.7 Å². The van der Waals surface area contributed by atoms with E-state index in [-0.39, 0.29) is 12.4 Å². The third-order valence-corrected chi connectivity index (χ3v) is 2.38. The number of benzene rings is 1. The fraction of sp³-hybridized carbons (Fsp3) is 0.154. The molecule has 0 spiro atoms. The summed E-state index contributed by atoms with van der Waals surface area (Å²) >= 11 is 0. The molecule has 0 fully saturated rings. The fourth-order valence-corrected chi connectivity index (χ4v) is 1.41. The Hall–Kier alpha value is -1.94. The molecule has 3 nitrogen and oxygen atoms in total. The molecule has 1 aromatic carbocycles. The Morgan fingerprint density at radius 2 is 1.88 bits per heavy atom. The van der Waals surface area contributed by atoms with E-state index in [2.05, 4.69) is 4.98 Å². The third-order valence-electron chi connectivity index (χ3n) is 2.38. The number of nitrogens with zero attached hydrogens (tertiary/aromatic N) is 1. The molecule has 0 aliphatic rings. The van der Waals surface area contributed by atoms with Gasteiger partial charge in [-0.05, 0) is 42.8 Å². The van der Waals surface area contributed by atoms with Crippen LogP contribution >= 0.6 is 0 Å². The Morgan fingerprint density at radius 1 is 1.18 bits per heavy atom. The number of aliphatic hydroxyl groups is 1. The van der Waals surface area contributed by atoms with Crippen molar-refractivity contribution in [2.45, 2.75) is 13.5 Å². The number of rotatable bonds is 3. The van der Waals surface area contributed by atoms with Gasteiger partial charge in [-0.1, -0.05) is 0 Å². The van der Waals surface area contributed by atoms with Gasteiger partial charge in [0.05, 0.1) is 6.61 Å². The van der Waals surface area contributed by atoms with E-state index >= 15 is 0 Å². The lowest BCUT2D eigenvalue weighted by Gasteiger charge is -2.07. The van der Waals surface area contributed by atoms with Crippen LogP contribution in [0.5, 0.6) is 11.6 Å². The first-order valence-electron chi connectivity index (χ1n) is 5.20. The molecule has 17 heavy (non-hydrogen) atoms. The van der Waals surface area contributed by atoms with Crippen molar-refractivity contribution >= 4 is 0 Å². The van der Waals surface area contributed by atoms with Crippen LogP contribution in [0.25, 0.3) is 0 Å². The molecule has 0 amide bonds. The molecule has 0 atom stereocenters. The van der Waals surface area contributed by atoms with E-state index in [1.807, 2.05) is 0 Å². The van der Waals surface area contributed by atoms with Gasteiger partial charge >= 0.3 is 0 Å². The minimum Gasteiger partial charge on any atom is -0.439 e. The highest BCUT2D eigenvalue weighted by Crippen LogP contribution is 2.20. The van der Waals surface area contributed by atoms with Crippen LogP contribution < -0.4 is 4.74 Å². The number of halogens is 1. The first kappa shape index (κ1) is 11.5. The molecule has 2 aromatic rings. The molecule has 0 saturated heterocycles. The summed E-state index contributed by atoms with van der Waals surface area (Å²) in [6.45, 7) is 1.75. The molecule has 0 unspecified atom stereocenters. The average Bonchev–Trinajstić information content (AvgIpc) is 2.32. The number of pyridine rings is 1. The Balaban J connectivity index is 2.19. The van der Waals surface area contributed by atoms with Gasteiger partial charge in [-0.3, -0.25) is 0 Å². The summed E-state index contributed by atoms with van der Waals surface area (Å²) < 4.78 is 18.1. The Kier molecular flexibility index (Phi) is 3.35. The first-order chi connectivity index (χ1) is 8.19. The average molecular weight is 233 g/mol. The van der Waals surface area contributed by atoms with Gasteiger partial charge in [-0.15, -0.1) is 0 Å². The maximum Gasteiger partial charge on any atom is 0.219 e. The van der Waals surface area contributed by atoms with Crippen molar-refractivity contribution in [1.29, 1.82) is 0 Å². The Bertz CT molecular complexity index is 511. The monoisotopic (exact) mass is 233 g/mol. The van der Waals surface area contributed by atoms with Crippen molar-refractivity contribution < 1.29 is 14.2 Å². The number of hydrogen-bond acceptors (Lipinski definition) is 3. The number of aromatic nitrogens is 1. The number of aliphatic hydroxyl groups excluding tert-OH is 1. The Morgan fingerprint density at radius 3 is 2.47 bits per heavy atom. The number of aryl methyl sites for hydroxylation is 1. The maximum atomic E-state index is 12.7. The summed E-state index contributed by atoms with van der Waals surface area (Å²) in [4.78, 5) is 4.19. The highest BCUT2D eigenvalue weighted by molar-refractivity contribution is 5.30. The van der Waals surface area contributed by atoms with Gasteiger partial charge < -0.3 is 9.84 Å². The lowest BCUT2D eigenvalue weighted by Crippen LogP contribution is -1.95. The summed E-state index contributed by atoms with van der Waals surface area (Å²) in [5.74, 6) is 0.637. The van der Waals surface area contributed by atoms with Gasteiger partial charge in [0, 0.05) is 11.8 Å². The van der Waals surface area contributed by atoms with E-state index in [1.165, 1.54) is 24.3 Å². The van der Waals surface area contributed by atoms with Crippen LogP contribution in [0.1, 0.15) is 11.3 Å². The SMILES string of the molecule is Cc1nc(Oc2ccc(F)cc2)ccc1CO. The molecule has 0 radical (unpaired) electrons. The smallest absolute Gasteiger partial charge is 0.219 e. The highest BCUT2D eigenvalue weighted by atomic mass is 19.1. The third kappa shape index (κ3) is 2.79. The Labute approximate surface area is 98.5 Å². The van der Waals surface area contributed by atoms with E-state index in [1.54, 1.807) is 19.1 Å². The van der Waals surface area contributed by atoms with Crippen LogP contribution in [-0.4, -0.2) is 10.1 Å². The van der Waals surface area contributed by atoms with E-state index in [0.717, 1.165) is 5.56 Å². The molecular formula is C13H12FNO2. The van der Waals surface area contributed by atoms with Gasteiger partial charge in [-0.25, -0.2) is 9.37 Å². The molecule has 0 aliphatic carbocycles. The van der Waals surface area contributed by atoms with Crippen molar-refractivity contribution in [1.82, 2.24) is 4.98 Å². The zero-order valence-electron chi connectivity index (χ0n) is 9.35. The van der Waals surface area contributed by atoms with Crippen LogP contribution in [-0.2, 0) is 6.61 Å². The van der Waals surface area contributed by atoms with Crippen LogP contribution in [0.2, 0.25) is 0 Å². The molecule has 1 N–H and O–H groups in total. The number of ether oxygens (including phenoxy) is 1. The number of hydrogen-bond donors (Lipinski definition) is 1. The van der Waals surface area contributed by atoms with Gasteiger partial charge in [-0.2, -0.15) is 0 Å². The van der Waals surface area contributed by atoms with Crippen LogP contribution in [0.3, 0.4) is 0 Å². The van der Waals surface area contributed by atoms with Crippen molar-refractivity contribution in [2.75, 3.05) is 0 Å². The molecule has 1 heterocycles. The van der Waals surface area contributed by atoms with Crippen molar-refractivity contribution in [3.8, 4) is 11.6 Å². The van der Waals surface area contributed by atoms with E-state index in [0.29, 0.717) is 17.3 Å². The second-order valence-corrected chi connectivity index (χ2v) is 3.61. The van der Waals surface area contributed by atoms with E-state index < -0.39 is 0 Å². The summed E-state index contributed by atoms with van der Waals surface area (Å²) in [6, 6.07) is 9.14. The standard InChI is InChI=1S/C13H12FNO2/c1-9-10(8-16)2-7-13(15-9)17-12-5-3-11(14)4-6-12/h2-7,16H,8H2,1H3. The lowest BCUT2D eigenvalue weighted by molar-refractivity contribution is 0.280. The second-order valence-electron chi connectivity index (χ2n) is 3.61. The predicted octanol–water partition coefficient (Wildman–Crippen LogP) is 2.81. The second kappa shape index (κ2) is 4.93. The first-order valence-corrected chi connectivity index (χ1v) is 5.20. The summed E-state index contributed by atoms with van der Waals surface area (Å²) in [6.07, 6.45) is 0. The minimum atomic E-state index is -0.308. The minimum absolute atomic E-state index is 0.0460. The summed E-state index contributed by atoms with van der Waals surface area (Å²) in [5.41, 5.74) is 1.48. The molecular weight excluding hydrogens is 221 g/mol. The quantitative estimate of drug-likeness (QED) is 0.886.